The fourth-order valence-corrected chi connectivity index (χ4v) is 2.33. The highest BCUT2D eigenvalue weighted by Gasteiger charge is 2.22. The maximum Gasteiger partial charge on any atom is 0.292 e. The van der Waals surface area contributed by atoms with E-state index in [4.69, 9.17) is 10.1 Å². The molecule has 1 aliphatic rings. The van der Waals surface area contributed by atoms with Crippen LogP contribution in [0.2, 0.25) is 0 Å². The van der Waals surface area contributed by atoms with Crippen molar-refractivity contribution >= 4 is 17.8 Å². The maximum atomic E-state index is 13.2. The topological polar surface area (TPSA) is 77.5 Å². The standard InChI is InChI=1S/C15H18F2N4O2/c1-23-14(13(9-18)21-4-2-19-3-5-21)15(22)20-12-7-10(16)6-11(17)8-12/h6-9,18-19H,2-5H2,1H3,(H,20,22)/b14-13-,18-9?. The molecule has 1 fully saturated rings. The lowest BCUT2D eigenvalue weighted by molar-refractivity contribution is -0.115. The number of carbonyl (C=O) groups is 1. The summed E-state index contributed by atoms with van der Waals surface area (Å²) in [6.45, 7) is 2.70. The molecular formula is C15H18F2N4O2. The molecule has 3 N–H and O–H groups in total. The number of halogens is 2. The second-order valence-electron chi connectivity index (χ2n) is 4.91. The third kappa shape index (κ3) is 4.26. The van der Waals surface area contributed by atoms with Gasteiger partial charge in [-0.1, -0.05) is 0 Å². The zero-order valence-corrected chi connectivity index (χ0v) is 12.7. The van der Waals surface area contributed by atoms with Gasteiger partial charge < -0.3 is 25.7 Å². The van der Waals surface area contributed by atoms with Crippen molar-refractivity contribution in [2.75, 3.05) is 38.6 Å². The average molecular weight is 324 g/mol. The van der Waals surface area contributed by atoms with Crippen molar-refractivity contribution in [3.63, 3.8) is 0 Å². The third-order valence-electron chi connectivity index (χ3n) is 3.36. The summed E-state index contributed by atoms with van der Waals surface area (Å²) in [5.41, 5.74) is 0.301. The number of nitrogens with one attached hydrogen (secondary N) is 3. The Bertz CT molecular complexity index is 608. The van der Waals surface area contributed by atoms with Crippen molar-refractivity contribution in [3.8, 4) is 0 Å². The predicted molar refractivity (Wildman–Crippen MR) is 82.2 cm³/mol. The Balaban J connectivity index is 2.24. The first-order valence-electron chi connectivity index (χ1n) is 7.07. The molecule has 1 aliphatic heterocycles. The lowest BCUT2D eigenvalue weighted by Gasteiger charge is -2.30. The summed E-state index contributed by atoms with van der Waals surface area (Å²) in [6.07, 6.45) is 1.04. The summed E-state index contributed by atoms with van der Waals surface area (Å²) >= 11 is 0. The molecule has 0 aromatic heterocycles. The fourth-order valence-electron chi connectivity index (χ4n) is 2.33. The number of rotatable bonds is 5. The van der Waals surface area contributed by atoms with Crippen molar-refractivity contribution in [2.45, 2.75) is 0 Å². The molecule has 1 heterocycles. The quantitative estimate of drug-likeness (QED) is 0.434. The van der Waals surface area contributed by atoms with Gasteiger partial charge in [0.15, 0.2) is 0 Å². The van der Waals surface area contributed by atoms with Crippen molar-refractivity contribution in [1.29, 1.82) is 5.41 Å². The van der Waals surface area contributed by atoms with Crippen molar-refractivity contribution in [1.82, 2.24) is 10.2 Å². The second-order valence-corrected chi connectivity index (χ2v) is 4.91. The molecule has 1 aromatic carbocycles. The van der Waals surface area contributed by atoms with Gasteiger partial charge in [0, 0.05) is 44.1 Å². The Morgan fingerprint density at radius 2 is 1.91 bits per heavy atom. The minimum Gasteiger partial charge on any atom is -0.490 e. The molecular weight excluding hydrogens is 306 g/mol. The first-order valence-corrected chi connectivity index (χ1v) is 7.07. The molecule has 124 valence electrons. The Kier molecular flexibility index (Phi) is 5.64. The number of ether oxygens (including phenoxy) is 1. The largest absolute Gasteiger partial charge is 0.490 e. The normalized spacial score (nSPS) is 15.7. The van der Waals surface area contributed by atoms with Crippen LogP contribution in [0.3, 0.4) is 0 Å². The van der Waals surface area contributed by atoms with Crippen molar-refractivity contribution in [3.05, 3.63) is 41.3 Å². The average Bonchev–Trinajstić information content (AvgIpc) is 2.52. The van der Waals surface area contributed by atoms with Crippen molar-refractivity contribution in [2.24, 2.45) is 0 Å². The van der Waals surface area contributed by atoms with Crippen LogP contribution >= 0.6 is 0 Å². The molecule has 0 atom stereocenters. The number of hydrogen-bond donors (Lipinski definition) is 3. The van der Waals surface area contributed by atoms with Gasteiger partial charge in [-0.15, -0.1) is 0 Å². The van der Waals surface area contributed by atoms with E-state index in [1.807, 2.05) is 4.90 Å². The van der Waals surface area contributed by atoms with E-state index in [1.165, 1.54) is 7.11 Å². The predicted octanol–water partition coefficient (Wildman–Crippen LogP) is 1.32. The molecule has 1 saturated heterocycles. The highest BCUT2D eigenvalue weighted by Crippen LogP contribution is 2.16. The Morgan fingerprint density at radius 3 is 2.43 bits per heavy atom. The number of allylic oxidation sites excluding steroid dienone is 1. The minimum absolute atomic E-state index is 0.0216. The molecule has 8 heteroatoms. The molecule has 0 spiro atoms. The number of hydrogen-bond acceptors (Lipinski definition) is 5. The summed E-state index contributed by atoms with van der Waals surface area (Å²) in [4.78, 5) is 14.2. The molecule has 2 rings (SSSR count). The van der Waals surface area contributed by atoms with Gasteiger partial charge in [0.25, 0.3) is 5.91 Å². The highest BCUT2D eigenvalue weighted by atomic mass is 19.1. The van der Waals surface area contributed by atoms with E-state index in [2.05, 4.69) is 10.6 Å². The first kappa shape index (κ1) is 16.9. The van der Waals surface area contributed by atoms with Crippen LogP contribution in [0.4, 0.5) is 14.5 Å². The number of benzene rings is 1. The Morgan fingerprint density at radius 1 is 1.30 bits per heavy atom. The van der Waals surface area contributed by atoms with E-state index in [0.29, 0.717) is 24.9 Å². The van der Waals surface area contributed by atoms with Crippen LogP contribution in [0.25, 0.3) is 0 Å². The lowest BCUT2D eigenvalue weighted by Crippen LogP contribution is -2.44. The molecule has 23 heavy (non-hydrogen) atoms. The van der Waals surface area contributed by atoms with Gasteiger partial charge in [0.1, 0.15) is 17.3 Å². The summed E-state index contributed by atoms with van der Waals surface area (Å²) < 4.78 is 31.5. The summed E-state index contributed by atoms with van der Waals surface area (Å²) in [5, 5.41) is 13.1. The van der Waals surface area contributed by atoms with Gasteiger partial charge in [-0.25, -0.2) is 8.78 Å². The number of piperazine rings is 1. The number of carbonyl (C=O) groups excluding carboxylic acids is 1. The maximum absolute atomic E-state index is 13.2. The molecule has 0 saturated carbocycles. The zero-order valence-electron chi connectivity index (χ0n) is 12.7. The SMILES string of the molecule is CO/C(C(=O)Nc1cc(F)cc(F)c1)=C(/C=N)N1CCNCC1. The molecule has 1 aromatic rings. The molecule has 0 bridgehead atoms. The van der Waals surface area contributed by atoms with Gasteiger partial charge in [-0.05, 0) is 12.1 Å². The monoisotopic (exact) mass is 324 g/mol. The summed E-state index contributed by atoms with van der Waals surface area (Å²) in [6, 6.07) is 2.72. The highest BCUT2D eigenvalue weighted by molar-refractivity contribution is 6.05. The van der Waals surface area contributed by atoms with Crippen LogP contribution in [-0.2, 0) is 9.53 Å². The van der Waals surface area contributed by atoms with E-state index in [0.717, 1.165) is 31.4 Å². The van der Waals surface area contributed by atoms with Gasteiger partial charge in [0.05, 0.1) is 7.11 Å². The number of amides is 1. The fraction of sp³-hybridized carbons (Fsp3) is 0.333. The number of nitrogens with zero attached hydrogens (tertiary/aromatic N) is 1. The molecule has 6 nitrogen and oxygen atoms in total. The van der Waals surface area contributed by atoms with Crippen molar-refractivity contribution < 1.29 is 18.3 Å². The zero-order chi connectivity index (χ0) is 16.8. The van der Waals surface area contributed by atoms with Crippen LogP contribution < -0.4 is 10.6 Å². The first-order chi connectivity index (χ1) is 11.0. The van der Waals surface area contributed by atoms with E-state index in [-0.39, 0.29) is 11.4 Å². The Labute approximate surface area is 132 Å². The van der Waals surface area contributed by atoms with Gasteiger partial charge in [0.2, 0.25) is 5.76 Å². The van der Waals surface area contributed by atoms with E-state index in [1.54, 1.807) is 0 Å². The second kappa shape index (κ2) is 7.68. The van der Waals surface area contributed by atoms with Crippen LogP contribution in [0.5, 0.6) is 0 Å². The lowest BCUT2D eigenvalue weighted by atomic mass is 10.2. The minimum atomic E-state index is -0.794. The van der Waals surface area contributed by atoms with Gasteiger partial charge in [-0.2, -0.15) is 0 Å². The Hall–Kier alpha value is -2.48. The molecule has 0 radical (unpaired) electrons. The van der Waals surface area contributed by atoms with Gasteiger partial charge >= 0.3 is 0 Å². The summed E-state index contributed by atoms with van der Waals surface area (Å²) in [7, 11) is 1.31. The number of methoxy groups -OCH3 is 1. The smallest absolute Gasteiger partial charge is 0.292 e. The van der Waals surface area contributed by atoms with E-state index < -0.39 is 17.5 Å². The van der Waals surface area contributed by atoms with Crippen LogP contribution in [0, 0.1) is 17.0 Å². The third-order valence-corrected chi connectivity index (χ3v) is 3.36. The van der Waals surface area contributed by atoms with Crippen LogP contribution in [-0.4, -0.2) is 50.3 Å². The number of anilines is 1. The van der Waals surface area contributed by atoms with E-state index in [9.17, 15) is 13.6 Å². The molecule has 1 amide bonds. The van der Waals surface area contributed by atoms with Crippen LogP contribution in [0.1, 0.15) is 0 Å². The van der Waals surface area contributed by atoms with Crippen LogP contribution in [0.15, 0.2) is 29.7 Å². The molecule has 0 aliphatic carbocycles. The molecule has 0 unspecified atom stereocenters. The summed E-state index contributed by atoms with van der Waals surface area (Å²) in [5.74, 6) is -2.34. The van der Waals surface area contributed by atoms with E-state index >= 15 is 0 Å². The van der Waals surface area contributed by atoms with Gasteiger partial charge in [-0.3, -0.25) is 4.79 Å².